The van der Waals surface area contributed by atoms with Crippen LogP contribution in [-0.2, 0) is 6.42 Å². The molecule has 0 aliphatic carbocycles. The number of fused-ring (bicyclic) bond motifs is 1. The summed E-state index contributed by atoms with van der Waals surface area (Å²) in [5.74, 6) is 2.74. The number of aryl methyl sites for hydroxylation is 1. The minimum atomic E-state index is -0.0440. The zero-order valence-electron chi connectivity index (χ0n) is 14.6. The second-order valence-corrected chi connectivity index (χ2v) is 7.73. The molecule has 0 radical (unpaired) electrons. The van der Waals surface area contributed by atoms with Crippen molar-refractivity contribution in [2.75, 3.05) is 18.0 Å². The molecule has 5 rings (SSSR count). The molecule has 1 spiro atoms. The van der Waals surface area contributed by atoms with E-state index >= 15 is 0 Å². The number of hydrogen-bond donors (Lipinski definition) is 0. The molecule has 26 heavy (non-hydrogen) atoms. The standard InChI is InChI=1S/C19H19N5OS/c1-13-20-18(26-23-13)15-6-7-17(22-21-15)24-10-8-19(9-11-24)12-14-4-2-3-5-16(14)25-19/h2-7H,8-12H2,1H3. The summed E-state index contributed by atoms with van der Waals surface area (Å²) in [4.78, 5) is 6.66. The lowest BCUT2D eigenvalue weighted by Crippen LogP contribution is -2.47. The van der Waals surface area contributed by atoms with E-state index in [1.165, 1.54) is 17.1 Å². The maximum atomic E-state index is 6.32. The lowest BCUT2D eigenvalue weighted by Gasteiger charge is -2.39. The van der Waals surface area contributed by atoms with Crippen LogP contribution in [0.5, 0.6) is 5.75 Å². The zero-order chi connectivity index (χ0) is 17.6. The van der Waals surface area contributed by atoms with E-state index in [0.29, 0.717) is 0 Å². The minimum absolute atomic E-state index is 0.0440. The summed E-state index contributed by atoms with van der Waals surface area (Å²) >= 11 is 1.36. The van der Waals surface area contributed by atoms with E-state index in [1.54, 1.807) is 0 Å². The number of hydrogen-bond acceptors (Lipinski definition) is 7. The first-order valence-electron chi connectivity index (χ1n) is 8.87. The van der Waals surface area contributed by atoms with E-state index in [0.717, 1.165) is 60.4 Å². The highest BCUT2D eigenvalue weighted by molar-refractivity contribution is 7.09. The van der Waals surface area contributed by atoms with Crippen molar-refractivity contribution >= 4 is 17.4 Å². The molecule has 0 amide bonds. The lowest BCUT2D eigenvalue weighted by atomic mass is 9.87. The molecule has 6 nitrogen and oxygen atoms in total. The van der Waals surface area contributed by atoms with Gasteiger partial charge in [-0.2, -0.15) is 4.37 Å². The molecule has 2 aliphatic heterocycles. The van der Waals surface area contributed by atoms with Gasteiger partial charge in [-0.05, 0) is 42.2 Å². The van der Waals surface area contributed by atoms with E-state index in [-0.39, 0.29) is 5.60 Å². The normalized spacial score (nSPS) is 18.0. The van der Waals surface area contributed by atoms with Crippen molar-refractivity contribution in [1.82, 2.24) is 19.6 Å². The number of nitrogens with zero attached hydrogens (tertiary/aromatic N) is 5. The van der Waals surface area contributed by atoms with Crippen molar-refractivity contribution < 1.29 is 4.74 Å². The summed E-state index contributed by atoms with van der Waals surface area (Å²) in [5.41, 5.74) is 2.07. The minimum Gasteiger partial charge on any atom is -0.487 e. The summed E-state index contributed by atoms with van der Waals surface area (Å²) in [7, 11) is 0. The molecular formula is C19H19N5OS. The Morgan fingerprint density at radius 2 is 1.92 bits per heavy atom. The van der Waals surface area contributed by atoms with Crippen LogP contribution >= 0.6 is 11.5 Å². The van der Waals surface area contributed by atoms with Crippen molar-refractivity contribution in [3.8, 4) is 16.5 Å². The van der Waals surface area contributed by atoms with Gasteiger partial charge in [0.25, 0.3) is 0 Å². The zero-order valence-corrected chi connectivity index (χ0v) is 15.4. The predicted molar refractivity (Wildman–Crippen MR) is 101 cm³/mol. The summed E-state index contributed by atoms with van der Waals surface area (Å²) < 4.78 is 10.5. The Morgan fingerprint density at radius 3 is 2.62 bits per heavy atom. The van der Waals surface area contributed by atoms with Crippen molar-refractivity contribution in [1.29, 1.82) is 0 Å². The Kier molecular flexibility index (Phi) is 3.63. The first-order chi connectivity index (χ1) is 12.7. The van der Waals surface area contributed by atoms with Gasteiger partial charge in [-0.3, -0.25) is 0 Å². The fourth-order valence-corrected chi connectivity index (χ4v) is 4.43. The van der Waals surface area contributed by atoms with Gasteiger partial charge in [0.15, 0.2) is 10.8 Å². The molecule has 4 heterocycles. The molecule has 0 bridgehead atoms. The number of para-hydroxylation sites is 1. The van der Waals surface area contributed by atoms with Gasteiger partial charge in [0.05, 0.1) is 0 Å². The third-order valence-corrected chi connectivity index (χ3v) is 6.04. The third kappa shape index (κ3) is 2.72. The quantitative estimate of drug-likeness (QED) is 0.694. The van der Waals surface area contributed by atoms with Gasteiger partial charge in [-0.1, -0.05) is 18.2 Å². The largest absolute Gasteiger partial charge is 0.487 e. The summed E-state index contributed by atoms with van der Waals surface area (Å²) in [5, 5.41) is 9.58. The Hall–Kier alpha value is -2.54. The van der Waals surface area contributed by atoms with Gasteiger partial charge in [-0.15, -0.1) is 10.2 Å². The maximum absolute atomic E-state index is 6.32. The highest BCUT2D eigenvalue weighted by Crippen LogP contribution is 2.41. The molecule has 0 atom stereocenters. The summed E-state index contributed by atoms with van der Waals surface area (Å²) in [6.07, 6.45) is 3.01. The number of ether oxygens (including phenoxy) is 1. The van der Waals surface area contributed by atoms with Crippen LogP contribution in [0, 0.1) is 6.92 Å². The Morgan fingerprint density at radius 1 is 1.08 bits per heavy atom. The fraction of sp³-hybridized carbons (Fsp3) is 0.368. The number of rotatable bonds is 2. The number of benzene rings is 1. The van der Waals surface area contributed by atoms with Gasteiger partial charge in [0, 0.05) is 32.4 Å². The summed E-state index contributed by atoms with van der Waals surface area (Å²) in [6, 6.07) is 12.4. The first kappa shape index (κ1) is 15.7. The molecule has 2 aromatic heterocycles. The van der Waals surface area contributed by atoms with Crippen LogP contribution in [0.25, 0.3) is 10.7 Å². The first-order valence-corrected chi connectivity index (χ1v) is 9.64. The molecule has 0 saturated carbocycles. The smallest absolute Gasteiger partial charge is 0.164 e. The van der Waals surface area contributed by atoms with E-state index in [4.69, 9.17) is 4.74 Å². The van der Waals surface area contributed by atoms with Crippen LogP contribution in [0.4, 0.5) is 5.82 Å². The van der Waals surface area contributed by atoms with Gasteiger partial charge in [0.1, 0.15) is 22.9 Å². The van der Waals surface area contributed by atoms with Gasteiger partial charge in [0.2, 0.25) is 0 Å². The third-order valence-electron chi connectivity index (χ3n) is 5.21. The fourth-order valence-electron chi connectivity index (χ4n) is 3.80. The topological polar surface area (TPSA) is 64.0 Å². The van der Waals surface area contributed by atoms with Crippen molar-refractivity contribution in [3.63, 3.8) is 0 Å². The van der Waals surface area contributed by atoms with E-state index in [1.807, 2.05) is 25.1 Å². The monoisotopic (exact) mass is 365 g/mol. The van der Waals surface area contributed by atoms with Gasteiger partial charge in [-0.25, -0.2) is 4.98 Å². The van der Waals surface area contributed by atoms with E-state index in [2.05, 4.69) is 42.7 Å². The molecule has 2 aliphatic rings. The van der Waals surface area contributed by atoms with Crippen LogP contribution in [-0.4, -0.2) is 38.2 Å². The van der Waals surface area contributed by atoms with Crippen LogP contribution < -0.4 is 9.64 Å². The molecule has 1 aromatic carbocycles. The van der Waals surface area contributed by atoms with Crippen LogP contribution in [0.2, 0.25) is 0 Å². The van der Waals surface area contributed by atoms with Crippen LogP contribution in [0.15, 0.2) is 36.4 Å². The Labute approximate surface area is 156 Å². The van der Waals surface area contributed by atoms with E-state index < -0.39 is 0 Å². The van der Waals surface area contributed by atoms with Crippen LogP contribution in [0.1, 0.15) is 24.2 Å². The Bertz CT molecular complexity index is 904. The number of anilines is 1. The Balaban J connectivity index is 1.27. The number of aromatic nitrogens is 4. The predicted octanol–water partition coefficient (Wildman–Crippen LogP) is 3.28. The maximum Gasteiger partial charge on any atom is 0.164 e. The molecular weight excluding hydrogens is 346 g/mol. The average molecular weight is 365 g/mol. The average Bonchev–Trinajstić information content (AvgIpc) is 3.26. The molecule has 7 heteroatoms. The second-order valence-electron chi connectivity index (χ2n) is 6.98. The van der Waals surface area contributed by atoms with Crippen molar-refractivity contribution in [2.24, 2.45) is 0 Å². The molecule has 0 unspecified atom stereocenters. The SMILES string of the molecule is Cc1nsc(-c2ccc(N3CCC4(CC3)Cc3ccccc3O4)nn2)n1. The highest BCUT2D eigenvalue weighted by atomic mass is 32.1. The summed E-state index contributed by atoms with van der Waals surface area (Å²) in [6.45, 7) is 3.74. The highest BCUT2D eigenvalue weighted by Gasteiger charge is 2.42. The van der Waals surface area contributed by atoms with Gasteiger partial charge < -0.3 is 9.64 Å². The second kappa shape index (κ2) is 6.02. The molecule has 0 N–H and O–H groups in total. The van der Waals surface area contributed by atoms with Crippen LogP contribution in [0.3, 0.4) is 0 Å². The van der Waals surface area contributed by atoms with Gasteiger partial charge >= 0.3 is 0 Å². The molecule has 3 aromatic rings. The molecule has 1 fully saturated rings. The molecule has 1 saturated heterocycles. The van der Waals surface area contributed by atoms with Crippen molar-refractivity contribution in [3.05, 3.63) is 47.8 Å². The molecule has 132 valence electrons. The van der Waals surface area contributed by atoms with Crippen molar-refractivity contribution in [2.45, 2.75) is 31.8 Å². The lowest BCUT2D eigenvalue weighted by molar-refractivity contribution is 0.0666. The number of piperidine rings is 1. The van der Waals surface area contributed by atoms with E-state index in [9.17, 15) is 0 Å².